The zero-order valence-corrected chi connectivity index (χ0v) is 19.2. The molecule has 9 nitrogen and oxygen atoms in total. The molecule has 4 heterocycles. The Morgan fingerprint density at radius 3 is 2.56 bits per heavy atom. The highest BCUT2D eigenvalue weighted by molar-refractivity contribution is 6.13. The van der Waals surface area contributed by atoms with E-state index in [1.165, 1.54) is 12.1 Å². The van der Waals surface area contributed by atoms with Crippen LogP contribution in [0.25, 0.3) is 33.3 Å². The molecule has 10 heteroatoms. The summed E-state index contributed by atoms with van der Waals surface area (Å²) in [5, 5.41) is 11.6. The van der Waals surface area contributed by atoms with Crippen molar-refractivity contribution in [3.05, 3.63) is 84.6 Å². The molecule has 0 fully saturated rings. The summed E-state index contributed by atoms with van der Waals surface area (Å²) in [6, 6.07) is 9.57. The SMILES string of the molecule is CCC(=O)Nc1cncc(-c2cnc(N)c(C(=N)c3nc4c(-c5ccc(F)cc5)cncc4[nH]3)c2)c1. The van der Waals surface area contributed by atoms with Gasteiger partial charge in [-0.2, -0.15) is 0 Å². The van der Waals surface area contributed by atoms with Gasteiger partial charge in [0.2, 0.25) is 5.91 Å². The number of imidazole rings is 1. The molecule has 5 N–H and O–H groups in total. The van der Waals surface area contributed by atoms with Gasteiger partial charge in [-0.15, -0.1) is 0 Å². The lowest BCUT2D eigenvalue weighted by Crippen LogP contribution is -2.10. The summed E-state index contributed by atoms with van der Waals surface area (Å²) >= 11 is 0. The number of hydrogen-bond donors (Lipinski definition) is 4. The van der Waals surface area contributed by atoms with Crippen LogP contribution in [0, 0.1) is 11.2 Å². The molecule has 0 aliphatic rings. The number of aromatic amines is 1. The van der Waals surface area contributed by atoms with Crippen molar-refractivity contribution in [2.45, 2.75) is 13.3 Å². The summed E-state index contributed by atoms with van der Waals surface area (Å²) in [6.45, 7) is 1.77. The van der Waals surface area contributed by atoms with E-state index in [1.54, 1.807) is 62.2 Å². The van der Waals surface area contributed by atoms with Crippen LogP contribution < -0.4 is 11.1 Å². The number of anilines is 2. The summed E-state index contributed by atoms with van der Waals surface area (Å²) in [6.07, 6.45) is 8.41. The Kier molecular flexibility index (Phi) is 5.91. The molecule has 0 saturated heterocycles. The van der Waals surface area contributed by atoms with Gasteiger partial charge in [0.1, 0.15) is 17.3 Å². The summed E-state index contributed by atoms with van der Waals surface area (Å²) in [7, 11) is 0. The Morgan fingerprint density at radius 1 is 1.03 bits per heavy atom. The number of pyridine rings is 3. The third kappa shape index (κ3) is 4.39. The number of hydrogen-bond acceptors (Lipinski definition) is 7. The van der Waals surface area contributed by atoms with Gasteiger partial charge in [-0.25, -0.2) is 14.4 Å². The monoisotopic (exact) mass is 480 g/mol. The summed E-state index contributed by atoms with van der Waals surface area (Å²) in [4.78, 5) is 32.2. The molecule has 1 aromatic carbocycles. The quantitative estimate of drug-likeness (QED) is 0.262. The maximum atomic E-state index is 13.4. The van der Waals surface area contributed by atoms with E-state index in [4.69, 9.17) is 11.1 Å². The van der Waals surface area contributed by atoms with E-state index < -0.39 is 0 Å². The second-order valence-electron chi connectivity index (χ2n) is 8.07. The lowest BCUT2D eigenvalue weighted by molar-refractivity contribution is -0.115. The summed E-state index contributed by atoms with van der Waals surface area (Å²) in [5.41, 5.74) is 11.2. The van der Waals surface area contributed by atoms with E-state index >= 15 is 0 Å². The van der Waals surface area contributed by atoms with Crippen molar-refractivity contribution >= 4 is 34.2 Å². The molecule has 4 aromatic heterocycles. The van der Waals surface area contributed by atoms with Crippen molar-refractivity contribution in [2.75, 3.05) is 11.1 Å². The van der Waals surface area contributed by atoms with Crippen LogP contribution in [0.1, 0.15) is 24.7 Å². The molecule has 0 atom stereocenters. The first-order valence-corrected chi connectivity index (χ1v) is 11.1. The number of amides is 1. The fraction of sp³-hybridized carbons (Fsp3) is 0.0769. The Hall–Kier alpha value is -4.99. The number of halogens is 1. The molecule has 178 valence electrons. The molecule has 0 saturated carbocycles. The van der Waals surface area contributed by atoms with Gasteiger partial charge in [0, 0.05) is 47.3 Å². The lowest BCUT2D eigenvalue weighted by Gasteiger charge is -2.09. The molecule has 1 amide bonds. The Labute approximate surface area is 205 Å². The minimum absolute atomic E-state index is 0.0477. The van der Waals surface area contributed by atoms with Crippen LogP contribution in [0.5, 0.6) is 0 Å². The molecule has 0 spiro atoms. The number of nitrogens with one attached hydrogen (secondary N) is 3. The molecule has 0 aliphatic carbocycles. The Balaban J connectivity index is 1.51. The van der Waals surface area contributed by atoms with Crippen LogP contribution in [0.2, 0.25) is 0 Å². The Bertz CT molecular complexity index is 1610. The summed E-state index contributed by atoms with van der Waals surface area (Å²) < 4.78 is 13.4. The number of nitrogens with zero attached hydrogens (tertiary/aromatic N) is 4. The maximum Gasteiger partial charge on any atom is 0.224 e. The highest BCUT2D eigenvalue weighted by Crippen LogP contribution is 2.28. The van der Waals surface area contributed by atoms with Crippen molar-refractivity contribution in [3.8, 4) is 22.3 Å². The van der Waals surface area contributed by atoms with Gasteiger partial charge >= 0.3 is 0 Å². The molecule has 5 rings (SSSR count). The van der Waals surface area contributed by atoms with Crippen LogP contribution in [0.4, 0.5) is 15.9 Å². The molecule has 0 aliphatic heterocycles. The van der Waals surface area contributed by atoms with E-state index in [-0.39, 0.29) is 29.1 Å². The molecule has 0 unspecified atom stereocenters. The number of H-pyrrole nitrogens is 1. The van der Waals surface area contributed by atoms with Crippen molar-refractivity contribution in [3.63, 3.8) is 0 Å². The van der Waals surface area contributed by atoms with E-state index in [9.17, 15) is 9.18 Å². The first-order chi connectivity index (χ1) is 17.4. The fourth-order valence-electron chi connectivity index (χ4n) is 3.77. The predicted octanol–water partition coefficient (Wildman–Crippen LogP) is 4.57. The van der Waals surface area contributed by atoms with Crippen LogP contribution in [0.15, 0.2) is 67.4 Å². The van der Waals surface area contributed by atoms with Crippen LogP contribution >= 0.6 is 0 Å². The number of nitrogens with two attached hydrogens (primary N) is 1. The normalized spacial score (nSPS) is 10.9. The van der Waals surface area contributed by atoms with Crippen LogP contribution in [0.3, 0.4) is 0 Å². The first kappa shape index (κ1) is 22.8. The first-order valence-electron chi connectivity index (χ1n) is 11.1. The van der Waals surface area contributed by atoms with Gasteiger partial charge in [-0.3, -0.25) is 20.2 Å². The summed E-state index contributed by atoms with van der Waals surface area (Å²) in [5.74, 6) is 0.00420. The minimum Gasteiger partial charge on any atom is -0.383 e. The number of benzene rings is 1. The van der Waals surface area contributed by atoms with Crippen LogP contribution in [-0.4, -0.2) is 36.5 Å². The van der Waals surface area contributed by atoms with E-state index in [2.05, 4.69) is 30.2 Å². The number of rotatable bonds is 6. The van der Waals surface area contributed by atoms with Gasteiger partial charge in [-0.1, -0.05) is 19.1 Å². The smallest absolute Gasteiger partial charge is 0.224 e. The zero-order valence-electron chi connectivity index (χ0n) is 19.2. The third-order valence-corrected chi connectivity index (χ3v) is 5.65. The van der Waals surface area contributed by atoms with Gasteiger partial charge in [0.15, 0.2) is 5.82 Å². The van der Waals surface area contributed by atoms with Crippen molar-refractivity contribution in [1.29, 1.82) is 5.41 Å². The highest BCUT2D eigenvalue weighted by Gasteiger charge is 2.17. The van der Waals surface area contributed by atoms with Gasteiger partial charge in [0.05, 0.1) is 29.1 Å². The molecule has 0 bridgehead atoms. The van der Waals surface area contributed by atoms with E-state index in [0.29, 0.717) is 45.4 Å². The molecular weight excluding hydrogens is 459 g/mol. The number of aromatic nitrogens is 5. The fourth-order valence-corrected chi connectivity index (χ4v) is 3.77. The van der Waals surface area contributed by atoms with Gasteiger partial charge < -0.3 is 16.0 Å². The zero-order chi connectivity index (χ0) is 25.2. The number of carbonyl (C=O) groups is 1. The van der Waals surface area contributed by atoms with Gasteiger partial charge in [0.25, 0.3) is 0 Å². The highest BCUT2D eigenvalue weighted by atomic mass is 19.1. The topological polar surface area (TPSA) is 146 Å². The largest absolute Gasteiger partial charge is 0.383 e. The molecule has 5 aromatic rings. The second kappa shape index (κ2) is 9.34. The molecule has 36 heavy (non-hydrogen) atoms. The average molecular weight is 481 g/mol. The molecule has 0 radical (unpaired) electrons. The number of nitrogen functional groups attached to an aromatic ring is 1. The third-order valence-electron chi connectivity index (χ3n) is 5.65. The second-order valence-corrected chi connectivity index (χ2v) is 8.07. The number of fused-ring (bicyclic) bond motifs is 1. The van der Waals surface area contributed by atoms with Crippen LogP contribution in [-0.2, 0) is 4.79 Å². The Morgan fingerprint density at radius 2 is 1.78 bits per heavy atom. The average Bonchev–Trinajstić information content (AvgIpc) is 3.34. The standard InChI is InChI=1S/C26H21FN8O/c1-2-22(36)33-18-7-15(9-30-11-18)16-8-19(25(29)32-10-16)23(28)26-34-21-13-31-12-20(24(21)35-26)14-3-5-17(27)6-4-14/h3-13,28H,2H2,1H3,(H2,29,32)(H,33,36)(H,34,35). The van der Waals surface area contributed by atoms with Crippen molar-refractivity contribution < 1.29 is 9.18 Å². The lowest BCUT2D eigenvalue weighted by atomic mass is 10.0. The van der Waals surface area contributed by atoms with Gasteiger partial charge in [-0.05, 0) is 29.8 Å². The van der Waals surface area contributed by atoms with E-state index in [0.717, 1.165) is 5.56 Å². The minimum atomic E-state index is -0.334. The van der Waals surface area contributed by atoms with Crippen molar-refractivity contribution in [2.24, 2.45) is 0 Å². The maximum absolute atomic E-state index is 13.4. The van der Waals surface area contributed by atoms with E-state index in [1.807, 2.05) is 0 Å². The number of carbonyl (C=O) groups excluding carboxylic acids is 1. The predicted molar refractivity (Wildman–Crippen MR) is 136 cm³/mol. The van der Waals surface area contributed by atoms with Crippen molar-refractivity contribution in [1.82, 2.24) is 24.9 Å². The molecular formula is C26H21FN8O.